The van der Waals surface area contributed by atoms with Crippen LogP contribution in [-0.4, -0.2) is 53.5 Å². The Morgan fingerprint density at radius 2 is 1.53 bits per heavy atom. The van der Waals surface area contributed by atoms with Gasteiger partial charge in [0, 0.05) is 24.2 Å². The summed E-state index contributed by atoms with van der Waals surface area (Å²) in [5.74, 6) is -1.79. The standard InChI is InChI=1S/C24H29N5O7/c1-24(2,3)36-23(33)26-14-20(30)25-15-21(31)28-19(13-16-7-5-4-6-8-16)22(32)27-17-9-11-18(12-10-17)29(34)35/h4-12,19H,13-15H2,1-3H3,(H,25,30)(H,26,33)(H,27,32)(H,28,31)/t19-/m1/s1. The van der Waals surface area contributed by atoms with Gasteiger partial charge in [0.15, 0.2) is 0 Å². The number of alkyl carbamates (subject to hydrolysis) is 1. The van der Waals surface area contributed by atoms with Gasteiger partial charge in [-0.3, -0.25) is 24.5 Å². The van der Waals surface area contributed by atoms with Gasteiger partial charge in [-0.05, 0) is 38.5 Å². The molecule has 0 aliphatic heterocycles. The highest BCUT2D eigenvalue weighted by atomic mass is 16.6. The zero-order valence-corrected chi connectivity index (χ0v) is 20.2. The molecule has 0 aliphatic carbocycles. The van der Waals surface area contributed by atoms with Gasteiger partial charge in [-0.15, -0.1) is 0 Å². The number of rotatable bonds is 10. The maximum absolute atomic E-state index is 12.9. The number of carbonyl (C=O) groups is 4. The van der Waals surface area contributed by atoms with Gasteiger partial charge in [0.25, 0.3) is 5.69 Å². The van der Waals surface area contributed by atoms with E-state index >= 15 is 0 Å². The molecule has 0 bridgehead atoms. The Hall–Kier alpha value is -4.48. The number of nitrogens with zero attached hydrogens (tertiary/aromatic N) is 1. The summed E-state index contributed by atoms with van der Waals surface area (Å²) in [7, 11) is 0. The van der Waals surface area contributed by atoms with Crippen molar-refractivity contribution in [1.82, 2.24) is 16.0 Å². The van der Waals surface area contributed by atoms with Crippen molar-refractivity contribution in [2.75, 3.05) is 18.4 Å². The summed E-state index contributed by atoms with van der Waals surface area (Å²) in [6.45, 7) is 4.23. The third-order valence-corrected chi connectivity index (χ3v) is 4.52. The molecule has 36 heavy (non-hydrogen) atoms. The zero-order valence-electron chi connectivity index (χ0n) is 20.2. The summed E-state index contributed by atoms with van der Waals surface area (Å²) in [6.07, 6.45) is -0.604. The van der Waals surface area contributed by atoms with Gasteiger partial charge in [-0.2, -0.15) is 0 Å². The third-order valence-electron chi connectivity index (χ3n) is 4.52. The molecule has 0 aromatic heterocycles. The van der Waals surface area contributed by atoms with E-state index in [1.165, 1.54) is 24.3 Å². The molecule has 1 atom stereocenters. The van der Waals surface area contributed by atoms with E-state index in [1.54, 1.807) is 45.0 Å². The number of hydrogen-bond donors (Lipinski definition) is 4. The van der Waals surface area contributed by atoms with Crippen LogP contribution in [0.5, 0.6) is 0 Å². The van der Waals surface area contributed by atoms with Crippen molar-refractivity contribution in [1.29, 1.82) is 0 Å². The van der Waals surface area contributed by atoms with Crippen LogP contribution >= 0.6 is 0 Å². The average Bonchev–Trinajstić information content (AvgIpc) is 2.81. The quantitative estimate of drug-likeness (QED) is 0.286. The SMILES string of the molecule is CC(C)(C)OC(=O)NCC(=O)NCC(=O)N[C@H](Cc1ccccc1)C(=O)Nc1ccc([N+](=O)[O-])cc1. The summed E-state index contributed by atoms with van der Waals surface area (Å²) < 4.78 is 5.03. The van der Waals surface area contributed by atoms with Crippen LogP contribution < -0.4 is 21.3 Å². The molecule has 0 spiro atoms. The lowest BCUT2D eigenvalue weighted by Crippen LogP contribution is -2.49. The lowest BCUT2D eigenvalue weighted by molar-refractivity contribution is -0.384. The topological polar surface area (TPSA) is 169 Å². The van der Waals surface area contributed by atoms with Crippen molar-refractivity contribution in [2.24, 2.45) is 0 Å². The molecule has 2 aromatic rings. The second kappa shape index (κ2) is 12.8. The first-order valence-corrected chi connectivity index (χ1v) is 11.0. The van der Waals surface area contributed by atoms with E-state index in [-0.39, 0.29) is 12.1 Å². The molecule has 0 heterocycles. The summed E-state index contributed by atoms with van der Waals surface area (Å²) in [5.41, 5.74) is 0.259. The Kier molecular flexibility index (Phi) is 9.90. The number of anilines is 1. The number of nitro benzene ring substituents is 1. The minimum Gasteiger partial charge on any atom is -0.444 e. The van der Waals surface area contributed by atoms with Crippen LogP contribution in [0.4, 0.5) is 16.2 Å². The summed E-state index contributed by atoms with van der Waals surface area (Å²) in [4.78, 5) is 59.2. The molecule has 2 aromatic carbocycles. The van der Waals surface area contributed by atoms with E-state index < -0.39 is 53.5 Å². The number of ether oxygens (including phenoxy) is 1. The summed E-state index contributed by atoms with van der Waals surface area (Å²) >= 11 is 0. The van der Waals surface area contributed by atoms with Crippen molar-refractivity contribution in [3.8, 4) is 0 Å². The minimum absolute atomic E-state index is 0.126. The smallest absolute Gasteiger partial charge is 0.408 e. The minimum atomic E-state index is -0.994. The van der Waals surface area contributed by atoms with Gasteiger partial charge < -0.3 is 26.0 Å². The van der Waals surface area contributed by atoms with Gasteiger partial charge >= 0.3 is 6.09 Å². The normalized spacial score (nSPS) is 11.5. The van der Waals surface area contributed by atoms with Crippen LogP contribution in [0.2, 0.25) is 0 Å². The highest BCUT2D eigenvalue weighted by Gasteiger charge is 2.22. The largest absolute Gasteiger partial charge is 0.444 e. The molecule has 0 saturated carbocycles. The molecular weight excluding hydrogens is 470 g/mol. The molecular formula is C24H29N5O7. The Morgan fingerprint density at radius 1 is 0.917 bits per heavy atom. The molecule has 0 aliphatic rings. The van der Waals surface area contributed by atoms with E-state index in [4.69, 9.17) is 4.74 Å². The van der Waals surface area contributed by atoms with E-state index in [1.807, 2.05) is 6.07 Å². The number of non-ortho nitro benzene ring substituents is 1. The van der Waals surface area contributed by atoms with Crippen LogP contribution in [0.1, 0.15) is 26.3 Å². The number of hydrogen-bond acceptors (Lipinski definition) is 7. The number of amides is 4. The van der Waals surface area contributed by atoms with Crippen molar-refractivity contribution in [2.45, 2.75) is 38.8 Å². The van der Waals surface area contributed by atoms with Crippen LogP contribution in [-0.2, 0) is 25.5 Å². The van der Waals surface area contributed by atoms with Gasteiger partial charge in [-0.25, -0.2) is 4.79 Å². The molecule has 12 heteroatoms. The second-order valence-corrected chi connectivity index (χ2v) is 8.74. The Labute approximate surface area is 207 Å². The van der Waals surface area contributed by atoms with Gasteiger partial charge in [0.1, 0.15) is 18.2 Å². The second-order valence-electron chi connectivity index (χ2n) is 8.74. The van der Waals surface area contributed by atoms with Crippen LogP contribution in [0.15, 0.2) is 54.6 Å². The molecule has 0 radical (unpaired) electrons. The molecule has 0 saturated heterocycles. The van der Waals surface area contributed by atoms with E-state index in [0.717, 1.165) is 5.56 Å². The van der Waals surface area contributed by atoms with E-state index in [2.05, 4.69) is 21.3 Å². The van der Waals surface area contributed by atoms with Crippen LogP contribution in [0, 0.1) is 10.1 Å². The van der Waals surface area contributed by atoms with Crippen molar-refractivity contribution >= 4 is 35.2 Å². The predicted molar refractivity (Wildman–Crippen MR) is 131 cm³/mol. The fraction of sp³-hybridized carbons (Fsp3) is 0.333. The Morgan fingerprint density at radius 3 is 2.11 bits per heavy atom. The molecule has 2 rings (SSSR count). The van der Waals surface area contributed by atoms with Crippen LogP contribution in [0.3, 0.4) is 0 Å². The molecule has 4 amide bonds. The van der Waals surface area contributed by atoms with Gasteiger partial charge in [-0.1, -0.05) is 30.3 Å². The lowest BCUT2D eigenvalue weighted by atomic mass is 10.0. The van der Waals surface area contributed by atoms with Crippen molar-refractivity contribution in [3.05, 3.63) is 70.3 Å². The number of carbonyl (C=O) groups excluding carboxylic acids is 4. The summed E-state index contributed by atoms with van der Waals surface area (Å²) in [5, 5.41) is 20.7. The average molecular weight is 500 g/mol. The Balaban J connectivity index is 1.95. The summed E-state index contributed by atoms with van der Waals surface area (Å²) in [6, 6.07) is 13.3. The first-order valence-electron chi connectivity index (χ1n) is 11.0. The first kappa shape index (κ1) is 27.8. The van der Waals surface area contributed by atoms with E-state index in [9.17, 15) is 29.3 Å². The highest BCUT2D eigenvalue weighted by Crippen LogP contribution is 2.16. The van der Waals surface area contributed by atoms with Crippen molar-refractivity contribution < 1.29 is 28.8 Å². The first-order chi connectivity index (χ1) is 16.9. The molecule has 0 fully saturated rings. The zero-order chi connectivity index (χ0) is 26.7. The molecule has 192 valence electrons. The number of benzene rings is 2. The maximum atomic E-state index is 12.9. The maximum Gasteiger partial charge on any atom is 0.408 e. The number of nitro groups is 1. The molecule has 4 N–H and O–H groups in total. The predicted octanol–water partition coefficient (Wildman–Crippen LogP) is 1.90. The van der Waals surface area contributed by atoms with E-state index in [0.29, 0.717) is 5.69 Å². The molecule has 12 nitrogen and oxygen atoms in total. The van der Waals surface area contributed by atoms with Gasteiger partial charge in [0.05, 0.1) is 11.5 Å². The monoisotopic (exact) mass is 499 g/mol. The lowest BCUT2D eigenvalue weighted by Gasteiger charge is -2.20. The molecule has 0 unspecified atom stereocenters. The fourth-order valence-corrected chi connectivity index (χ4v) is 2.91. The fourth-order valence-electron chi connectivity index (χ4n) is 2.91. The van der Waals surface area contributed by atoms with Crippen LogP contribution in [0.25, 0.3) is 0 Å². The van der Waals surface area contributed by atoms with Crippen molar-refractivity contribution in [3.63, 3.8) is 0 Å². The van der Waals surface area contributed by atoms with Gasteiger partial charge in [0.2, 0.25) is 17.7 Å². The highest BCUT2D eigenvalue weighted by molar-refractivity contribution is 5.98. The third kappa shape index (κ3) is 10.2. The number of nitrogens with one attached hydrogen (secondary N) is 4. The Bertz CT molecular complexity index is 1080.